The van der Waals surface area contributed by atoms with Crippen molar-refractivity contribution in [2.24, 2.45) is 11.8 Å². The van der Waals surface area contributed by atoms with Gasteiger partial charge in [0.2, 0.25) is 11.8 Å². The molecule has 3 amide bonds. The van der Waals surface area contributed by atoms with E-state index in [0.717, 1.165) is 30.7 Å². The Balaban J connectivity index is 2.33. The van der Waals surface area contributed by atoms with E-state index < -0.39 is 29.7 Å². The molecular weight excluding hydrogens is 522 g/mol. The Hall–Kier alpha value is -2.73. The number of amides is 3. The minimum absolute atomic E-state index is 0.0371. The summed E-state index contributed by atoms with van der Waals surface area (Å²) in [4.78, 5) is 58.9. The molecule has 1 aliphatic heterocycles. The average molecular weight is 568 g/mol. The van der Waals surface area contributed by atoms with E-state index in [-0.39, 0.29) is 41.8 Å². The van der Waals surface area contributed by atoms with Gasteiger partial charge in [-0.2, -0.15) is 0 Å². The van der Waals surface area contributed by atoms with Crippen LogP contribution in [0.25, 0.3) is 0 Å². The van der Waals surface area contributed by atoms with Crippen LogP contribution in [0.1, 0.15) is 88.8 Å². The lowest BCUT2D eigenvalue weighted by molar-refractivity contribution is -0.142. The molecule has 39 heavy (non-hydrogen) atoms. The van der Waals surface area contributed by atoms with Crippen molar-refractivity contribution in [1.29, 1.82) is 0 Å². The quantitative estimate of drug-likeness (QED) is 0.329. The molecule has 0 saturated carbocycles. The first-order valence-electron chi connectivity index (χ1n) is 13.7. The summed E-state index contributed by atoms with van der Waals surface area (Å²) in [5, 5.41) is 16.7. The molecule has 0 aliphatic carbocycles. The van der Waals surface area contributed by atoms with Crippen LogP contribution in [0.2, 0.25) is 0 Å². The first kappa shape index (κ1) is 32.5. The van der Waals surface area contributed by atoms with Gasteiger partial charge >= 0.3 is 12.1 Å². The van der Waals surface area contributed by atoms with Gasteiger partial charge in [-0.3, -0.25) is 14.5 Å². The largest absolute Gasteiger partial charge is 0.476 e. The van der Waals surface area contributed by atoms with Crippen LogP contribution < -0.4 is 10.6 Å². The number of rotatable bonds is 13. The van der Waals surface area contributed by atoms with E-state index in [1.165, 1.54) is 5.38 Å². The maximum atomic E-state index is 13.9. The molecule has 0 aromatic carbocycles. The van der Waals surface area contributed by atoms with E-state index in [9.17, 15) is 24.3 Å². The summed E-state index contributed by atoms with van der Waals surface area (Å²) in [6.07, 6.45) is 1.05. The van der Waals surface area contributed by atoms with E-state index in [0.29, 0.717) is 18.0 Å². The van der Waals surface area contributed by atoms with Crippen LogP contribution in [0.5, 0.6) is 0 Å². The molecule has 1 aliphatic rings. The van der Waals surface area contributed by atoms with Crippen LogP contribution in [0.3, 0.4) is 0 Å². The zero-order chi connectivity index (χ0) is 29.5. The Labute approximate surface area is 235 Å². The van der Waals surface area contributed by atoms with Crippen LogP contribution in [0.15, 0.2) is 5.38 Å². The second kappa shape index (κ2) is 14.1. The van der Waals surface area contributed by atoms with Gasteiger partial charge < -0.3 is 25.4 Å². The predicted molar refractivity (Wildman–Crippen MR) is 150 cm³/mol. The summed E-state index contributed by atoms with van der Waals surface area (Å²) >= 11 is 1.09. The normalized spacial score (nSPS) is 20.6. The van der Waals surface area contributed by atoms with Crippen molar-refractivity contribution >= 4 is 35.2 Å². The lowest BCUT2D eigenvalue weighted by atomic mass is 9.91. The van der Waals surface area contributed by atoms with Crippen molar-refractivity contribution < 1.29 is 29.0 Å². The van der Waals surface area contributed by atoms with Gasteiger partial charge in [-0.1, -0.05) is 34.1 Å². The molecule has 5 atom stereocenters. The molecule has 12 heteroatoms. The zero-order valence-electron chi connectivity index (χ0n) is 24.4. The summed E-state index contributed by atoms with van der Waals surface area (Å²) in [5.74, 6) is -1.69. The highest BCUT2D eigenvalue weighted by molar-refractivity contribution is 7.09. The van der Waals surface area contributed by atoms with Gasteiger partial charge in [0.1, 0.15) is 11.0 Å². The highest BCUT2D eigenvalue weighted by atomic mass is 32.1. The van der Waals surface area contributed by atoms with E-state index in [1.807, 2.05) is 46.6 Å². The van der Waals surface area contributed by atoms with Gasteiger partial charge in [-0.25, -0.2) is 14.6 Å². The number of thiazole rings is 1. The fraction of sp³-hybridized carbons (Fsp3) is 0.741. The number of likely N-dealkylation sites (N-methyl/N-ethyl adjacent to an activating group) is 2. The lowest BCUT2D eigenvalue weighted by Gasteiger charge is -2.38. The average Bonchev–Trinajstić information content (AvgIpc) is 3.51. The van der Waals surface area contributed by atoms with Crippen LogP contribution >= 0.6 is 11.3 Å². The summed E-state index contributed by atoms with van der Waals surface area (Å²) < 4.78 is 5.66. The van der Waals surface area contributed by atoms with E-state index in [1.54, 1.807) is 18.9 Å². The number of carbonyl (C=O) groups excluding carboxylic acids is 3. The molecular formula is C27H45N5O6S. The van der Waals surface area contributed by atoms with E-state index in [2.05, 4.69) is 15.6 Å². The smallest absolute Gasteiger partial charge is 0.407 e. The minimum Gasteiger partial charge on any atom is -0.476 e. The van der Waals surface area contributed by atoms with Crippen molar-refractivity contribution in [3.63, 3.8) is 0 Å². The van der Waals surface area contributed by atoms with E-state index >= 15 is 0 Å². The molecule has 11 nitrogen and oxygen atoms in total. The Morgan fingerprint density at radius 1 is 1.26 bits per heavy atom. The first-order chi connectivity index (χ1) is 18.3. The number of likely N-dealkylation sites (tertiary alicyclic amines) is 1. The number of hydrogen-bond acceptors (Lipinski definition) is 8. The third-order valence-electron chi connectivity index (χ3n) is 7.91. The van der Waals surface area contributed by atoms with Gasteiger partial charge in [-0.05, 0) is 52.1 Å². The van der Waals surface area contributed by atoms with Gasteiger partial charge in [0.05, 0.1) is 5.54 Å². The third-order valence-corrected chi connectivity index (χ3v) is 8.85. The van der Waals surface area contributed by atoms with Crippen molar-refractivity contribution in [3.05, 3.63) is 16.1 Å². The molecule has 1 fully saturated rings. The molecule has 220 valence electrons. The zero-order valence-corrected chi connectivity index (χ0v) is 25.3. The number of aromatic nitrogens is 1. The molecule has 0 spiro atoms. The maximum absolute atomic E-state index is 13.9. The SMILES string of the molecule is CCNC(=O)O[C@H](C[C@H](C(C)C)N(C)C(=O)[C@@H](NC(=O)[C@@]1(C)CCCN1C)C(C)CC)c1nc(C(=O)O)cs1. The first-order valence-corrected chi connectivity index (χ1v) is 14.6. The topological polar surface area (TPSA) is 141 Å². The fourth-order valence-corrected chi connectivity index (χ4v) is 5.73. The van der Waals surface area contributed by atoms with Gasteiger partial charge in [0.15, 0.2) is 11.8 Å². The van der Waals surface area contributed by atoms with Gasteiger partial charge in [0.25, 0.3) is 0 Å². The Bertz CT molecular complexity index is 1020. The number of carbonyl (C=O) groups is 4. The van der Waals surface area contributed by atoms with Crippen LogP contribution in [-0.4, -0.2) is 88.6 Å². The Morgan fingerprint density at radius 2 is 1.92 bits per heavy atom. The molecule has 0 bridgehead atoms. The summed E-state index contributed by atoms with van der Waals surface area (Å²) in [6.45, 7) is 12.7. The Kier molecular flexibility index (Phi) is 11.7. The third kappa shape index (κ3) is 7.91. The maximum Gasteiger partial charge on any atom is 0.407 e. The molecule has 3 N–H and O–H groups in total. The molecule has 0 radical (unpaired) electrons. The number of ether oxygens (including phenoxy) is 1. The van der Waals surface area contributed by atoms with Crippen molar-refractivity contribution in [3.8, 4) is 0 Å². The number of hydrogen-bond donors (Lipinski definition) is 3. The van der Waals surface area contributed by atoms with Crippen LogP contribution in [0.4, 0.5) is 4.79 Å². The lowest BCUT2D eigenvalue weighted by Crippen LogP contribution is -2.60. The van der Waals surface area contributed by atoms with Crippen LogP contribution in [-0.2, 0) is 14.3 Å². The van der Waals surface area contributed by atoms with Crippen molar-refractivity contribution in [2.75, 3.05) is 27.2 Å². The molecule has 1 saturated heterocycles. The number of nitrogens with one attached hydrogen (secondary N) is 2. The number of alkyl carbamates (subject to hydrolysis) is 1. The standard InChI is InChI=1S/C27H45N5O6S/c1-9-17(5)21(30-25(36)27(6)12-11-13-31(27)7)23(33)32(8)19(16(3)4)14-20(38-26(37)28-10-2)22-29-18(15-39-22)24(34)35/h15-17,19-21H,9-14H2,1-8H3,(H,28,37)(H,30,36)(H,34,35)/t17?,19-,20-,21+,27-/m1/s1. The molecule has 2 heterocycles. The number of carboxylic acids is 1. The Morgan fingerprint density at radius 3 is 2.41 bits per heavy atom. The minimum atomic E-state index is -1.17. The van der Waals surface area contributed by atoms with Crippen molar-refractivity contribution in [2.45, 2.75) is 91.0 Å². The van der Waals surface area contributed by atoms with Crippen LogP contribution in [0, 0.1) is 11.8 Å². The molecule has 2 rings (SSSR count). The van der Waals surface area contributed by atoms with Gasteiger partial charge in [0, 0.05) is 31.4 Å². The monoisotopic (exact) mass is 567 g/mol. The summed E-state index contributed by atoms with van der Waals surface area (Å²) in [6, 6.07) is -1.11. The summed E-state index contributed by atoms with van der Waals surface area (Å²) in [7, 11) is 3.63. The fourth-order valence-electron chi connectivity index (χ4n) is 4.89. The van der Waals surface area contributed by atoms with Crippen molar-refractivity contribution in [1.82, 2.24) is 25.4 Å². The molecule has 1 aromatic rings. The molecule has 1 unspecified atom stereocenters. The van der Waals surface area contributed by atoms with E-state index in [4.69, 9.17) is 4.74 Å². The van der Waals surface area contributed by atoms with Gasteiger partial charge in [-0.15, -0.1) is 11.3 Å². The highest BCUT2D eigenvalue weighted by Crippen LogP contribution is 2.32. The second-order valence-corrected chi connectivity index (χ2v) is 11.8. The summed E-state index contributed by atoms with van der Waals surface area (Å²) in [5.41, 5.74) is -0.796. The predicted octanol–water partition coefficient (Wildman–Crippen LogP) is 3.52. The molecule has 1 aromatic heterocycles. The number of nitrogens with zero attached hydrogens (tertiary/aromatic N) is 3. The highest BCUT2D eigenvalue weighted by Gasteiger charge is 2.44. The second-order valence-electron chi connectivity index (χ2n) is 10.9. The number of carboxylic acid groups (broad SMARTS) is 1. The number of aromatic carboxylic acids is 1.